The summed E-state index contributed by atoms with van der Waals surface area (Å²) in [6.07, 6.45) is 4.87. The van der Waals surface area contributed by atoms with Crippen LogP contribution in [-0.2, 0) is 6.61 Å². The van der Waals surface area contributed by atoms with Crippen LogP contribution in [0.5, 0.6) is 0 Å². The van der Waals surface area contributed by atoms with Gasteiger partial charge in [-0.15, -0.1) is 0 Å². The fourth-order valence-electron chi connectivity index (χ4n) is 4.02. The number of hydrogen-bond donors (Lipinski definition) is 1. The number of nitrogens with zero attached hydrogens (tertiary/aromatic N) is 2. The number of amides is 1. The molecule has 0 radical (unpaired) electrons. The van der Waals surface area contributed by atoms with Gasteiger partial charge in [0.25, 0.3) is 5.91 Å². The quantitative estimate of drug-likeness (QED) is 0.928. The van der Waals surface area contributed by atoms with Gasteiger partial charge in [-0.3, -0.25) is 4.79 Å². The Labute approximate surface area is 139 Å². The van der Waals surface area contributed by atoms with E-state index >= 15 is 0 Å². The van der Waals surface area contributed by atoms with Gasteiger partial charge in [-0.1, -0.05) is 12.1 Å². The number of hydrogen-bond acceptors (Lipinski definition) is 3. The third kappa shape index (κ3) is 3.75. The van der Waals surface area contributed by atoms with Gasteiger partial charge in [0.15, 0.2) is 0 Å². The molecule has 1 amide bonds. The van der Waals surface area contributed by atoms with Crippen LogP contribution in [0.25, 0.3) is 0 Å². The summed E-state index contributed by atoms with van der Waals surface area (Å²) in [5.41, 5.74) is 1.50. The molecule has 1 aromatic rings. The fourth-order valence-corrected chi connectivity index (χ4v) is 4.02. The first-order valence-electron chi connectivity index (χ1n) is 8.92. The Hall–Kier alpha value is -1.39. The number of carbonyl (C=O) groups is 1. The molecule has 0 aliphatic carbocycles. The van der Waals surface area contributed by atoms with Crippen LogP contribution in [0, 0.1) is 5.92 Å². The summed E-state index contributed by atoms with van der Waals surface area (Å²) in [5.74, 6) is 0.813. The molecule has 0 saturated carbocycles. The summed E-state index contributed by atoms with van der Waals surface area (Å²) in [4.78, 5) is 17.2. The average molecular weight is 316 g/mol. The highest BCUT2D eigenvalue weighted by atomic mass is 16.3. The molecule has 1 unspecified atom stereocenters. The van der Waals surface area contributed by atoms with Crippen molar-refractivity contribution in [1.29, 1.82) is 0 Å². The van der Waals surface area contributed by atoms with Crippen molar-refractivity contribution in [2.75, 3.05) is 26.2 Å². The molecule has 1 N–H and O–H groups in total. The Balaban J connectivity index is 1.56. The third-order valence-corrected chi connectivity index (χ3v) is 5.58. The van der Waals surface area contributed by atoms with Crippen molar-refractivity contribution < 1.29 is 9.90 Å². The van der Waals surface area contributed by atoms with Crippen LogP contribution in [0.4, 0.5) is 0 Å². The highest BCUT2D eigenvalue weighted by molar-refractivity contribution is 5.94. The number of benzene rings is 1. The minimum absolute atomic E-state index is 0.0173. The van der Waals surface area contributed by atoms with Crippen molar-refractivity contribution in [2.45, 2.75) is 45.3 Å². The largest absolute Gasteiger partial charge is 0.392 e. The molecule has 0 spiro atoms. The summed E-state index contributed by atoms with van der Waals surface area (Å²) in [7, 11) is 0. The van der Waals surface area contributed by atoms with Crippen molar-refractivity contribution in [2.24, 2.45) is 5.92 Å². The van der Waals surface area contributed by atoms with Crippen LogP contribution in [0.2, 0.25) is 0 Å². The highest BCUT2D eigenvalue weighted by Gasteiger charge is 2.30. The molecule has 4 nitrogen and oxygen atoms in total. The first kappa shape index (κ1) is 16.5. The Morgan fingerprint density at radius 3 is 2.57 bits per heavy atom. The van der Waals surface area contributed by atoms with Crippen molar-refractivity contribution in [3.8, 4) is 0 Å². The molecule has 23 heavy (non-hydrogen) atoms. The zero-order valence-electron chi connectivity index (χ0n) is 14.1. The van der Waals surface area contributed by atoms with E-state index in [2.05, 4.69) is 11.8 Å². The second kappa shape index (κ2) is 7.45. The maximum atomic E-state index is 12.6. The molecule has 0 aromatic heterocycles. The SMILES string of the molecule is CC(C1CCN(C(=O)c2cccc(CO)c2)CC1)N1CCCC1. The minimum atomic E-state index is -0.0173. The van der Waals surface area contributed by atoms with E-state index in [1.165, 1.54) is 25.9 Å². The van der Waals surface area contributed by atoms with E-state index < -0.39 is 0 Å². The zero-order valence-corrected chi connectivity index (χ0v) is 14.1. The van der Waals surface area contributed by atoms with E-state index in [9.17, 15) is 9.90 Å². The predicted octanol–water partition coefficient (Wildman–Crippen LogP) is 2.52. The lowest BCUT2D eigenvalue weighted by Crippen LogP contribution is -2.45. The van der Waals surface area contributed by atoms with Gasteiger partial charge in [-0.05, 0) is 69.3 Å². The third-order valence-electron chi connectivity index (χ3n) is 5.58. The summed E-state index contributed by atoms with van der Waals surface area (Å²) in [6.45, 7) is 6.54. The van der Waals surface area contributed by atoms with Gasteiger partial charge >= 0.3 is 0 Å². The van der Waals surface area contributed by atoms with E-state index in [0.29, 0.717) is 17.5 Å². The Morgan fingerprint density at radius 2 is 1.91 bits per heavy atom. The van der Waals surface area contributed by atoms with E-state index in [1.807, 2.05) is 23.1 Å². The first-order chi connectivity index (χ1) is 11.2. The standard InChI is InChI=1S/C19H28N2O2/c1-15(20-9-2-3-10-20)17-7-11-21(12-8-17)19(23)18-6-4-5-16(13-18)14-22/h4-6,13,15,17,22H,2-3,7-12,14H2,1H3. The van der Waals surface area contributed by atoms with E-state index in [0.717, 1.165) is 31.5 Å². The van der Waals surface area contributed by atoms with Crippen LogP contribution in [0.15, 0.2) is 24.3 Å². The molecule has 2 heterocycles. The van der Waals surface area contributed by atoms with Gasteiger partial charge in [-0.2, -0.15) is 0 Å². The molecule has 126 valence electrons. The molecular weight excluding hydrogens is 288 g/mol. The van der Waals surface area contributed by atoms with Crippen molar-refractivity contribution in [3.05, 3.63) is 35.4 Å². The normalized spacial score (nSPS) is 21.6. The zero-order chi connectivity index (χ0) is 16.2. The molecule has 2 aliphatic rings. The molecule has 0 bridgehead atoms. The molecule has 2 fully saturated rings. The average Bonchev–Trinajstić information content (AvgIpc) is 3.15. The lowest BCUT2D eigenvalue weighted by atomic mass is 9.89. The van der Waals surface area contributed by atoms with Gasteiger partial charge in [0.1, 0.15) is 0 Å². The van der Waals surface area contributed by atoms with Gasteiger partial charge in [0.2, 0.25) is 0 Å². The van der Waals surface area contributed by atoms with Gasteiger partial charge < -0.3 is 14.9 Å². The van der Waals surface area contributed by atoms with Crippen molar-refractivity contribution in [1.82, 2.24) is 9.80 Å². The van der Waals surface area contributed by atoms with Gasteiger partial charge in [0.05, 0.1) is 6.61 Å². The number of likely N-dealkylation sites (tertiary alicyclic amines) is 2. The monoisotopic (exact) mass is 316 g/mol. The van der Waals surface area contributed by atoms with E-state index in [4.69, 9.17) is 0 Å². The predicted molar refractivity (Wildman–Crippen MR) is 91.3 cm³/mol. The minimum Gasteiger partial charge on any atom is -0.392 e. The topological polar surface area (TPSA) is 43.8 Å². The first-order valence-corrected chi connectivity index (χ1v) is 8.92. The molecule has 4 heteroatoms. The summed E-state index contributed by atoms with van der Waals surface area (Å²) < 4.78 is 0. The lowest BCUT2D eigenvalue weighted by Gasteiger charge is -2.38. The second-order valence-corrected chi connectivity index (χ2v) is 6.97. The molecule has 1 atom stereocenters. The Morgan fingerprint density at radius 1 is 1.22 bits per heavy atom. The Kier molecular flexibility index (Phi) is 5.34. The molecule has 3 rings (SSSR count). The van der Waals surface area contributed by atoms with Gasteiger partial charge in [0, 0.05) is 24.7 Å². The number of piperidine rings is 1. The number of aliphatic hydroxyl groups excluding tert-OH is 1. The van der Waals surface area contributed by atoms with Crippen molar-refractivity contribution in [3.63, 3.8) is 0 Å². The highest BCUT2D eigenvalue weighted by Crippen LogP contribution is 2.27. The number of aliphatic hydroxyl groups is 1. The van der Waals surface area contributed by atoms with Crippen molar-refractivity contribution >= 4 is 5.91 Å². The van der Waals surface area contributed by atoms with Crippen LogP contribution in [-0.4, -0.2) is 53.0 Å². The summed E-state index contributed by atoms with van der Waals surface area (Å²) >= 11 is 0. The van der Waals surface area contributed by atoms with E-state index in [1.54, 1.807) is 6.07 Å². The van der Waals surface area contributed by atoms with Crippen LogP contribution in [0.3, 0.4) is 0 Å². The molecule has 2 saturated heterocycles. The molecular formula is C19H28N2O2. The summed E-state index contributed by atoms with van der Waals surface area (Å²) in [5, 5.41) is 9.22. The Bertz CT molecular complexity index is 532. The summed E-state index contributed by atoms with van der Waals surface area (Å²) in [6, 6.07) is 8.00. The molecule has 2 aliphatic heterocycles. The number of carbonyl (C=O) groups excluding carboxylic acids is 1. The maximum absolute atomic E-state index is 12.6. The van der Waals surface area contributed by atoms with Crippen LogP contribution in [0.1, 0.15) is 48.5 Å². The second-order valence-electron chi connectivity index (χ2n) is 6.97. The van der Waals surface area contributed by atoms with Crippen LogP contribution < -0.4 is 0 Å². The van der Waals surface area contributed by atoms with Gasteiger partial charge in [-0.25, -0.2) is 0 Å². The number of rotatable bonds is 4. The molecule has 1 aromatic carbocycles. The lowest BCUT2D eigenvalue weighted by molar-refractivity contribution is 0.0624. The van der Waals surface area contributed by atoms with E-state index in [-0.39, 0.29) is 12.5 Å². The smallest absolute Gasteiger partial charge is 0.253 e. The maximum Gasteiger partial charge on any atom is 0.253 e. The van der Waals surface area contributed by atoms with Crippen LogP contribution >= 0.6 is 0 Å². The fraction of sp³-hybridized carbons (Fsp3) is 0.632.